The highest BCUT2D eigenvalue weighted by Gasteiger charge is 2.21. The van der Waals surface area contributed by atoms with E-state index in [1.165, 1.54) is 31.0 Å². The molecule has 1 aromatic carbocycles. The maximum atomic E-state index is 13.3. The summed E-state index contributed by atoms with van der Waals surface area (Å²) in [5, 5.41) is 12.1. The molecule has 0 bridgehead atoms. The molecule has 1 amide bonds. The second-order valence-corrected chi connectivity index (χ2v) is 4.82. The van der Waals surface area contributed by atoms with Gasteiger partial charge in [-0.05, 0) is 30.9 Å². The van der Waals surface area contributed by atoms with Crippen LogP contribution in [0.4, 0.5) is 4.39 Å². The van der Waals surface area contributed by atoms with Crippen LogP contribution < -0.4 is 5.32 Å². The van der Waals surface area contributed by atoms with Gasteiger partial charge in [-0.2, -0.15) is 0 Å². The molecule has 1 aliphatic rings. The molecular formula is C14H18FNO3. The van der Waals surface area contributed by atoms with Gasteiger partial charge in [0.25, 0.3) is 5.91 Å². The van der Waals surface area contributed by atoms with Gasteiger partial charge >= 0.3 is 0 Å². The Morgan fingerprint density at radius 2 is 2.21 bits per heavy atom. The minimum Gasteiger partial charge on any atom is -0.389 e. The number of ether oxygens (including phenoxy) is 1. The summed E-state index contributed by atoms with van der Waals surface area (Å²) in [6.45, 7) is 0.907. The van der Waals surface area contributed by atoms with Gasteiger partial charge in [-0.3, -0.25) is 4.79 Å². The summed E-state index contributed by atoms with van der Waals surface area (Å²) in [7, 11) is 0. The summed E-state index contributed by atoms with van der Waals surface area (Å²) in [5.41, 5.74) is -0.0198. The molecule has 2 N–H and O–H groups in total. The Hall–Kier alpha value is -1.46. The quantitative estimate of drug-likeness (QED) is 0.784. The van der Waals surface area contributed by atoms with Crippen LogP contribution in [0.2, 0.25) is 0 Å². The Labute approximate surface area is 111 Å². The van der Waals surface area contributed by atoms with E-state index >= 15 is 0 Å². The van der Waals surface area contributed by atoms with E-state index in [1.807, 2.05) is 0 Å². The maximum absolute atomic E-state index is 13.3. The second kappa shape index (κ2) is 6.63. The molecule has 1 fully saturated rings. The molecule has 0 heterocycles. The SMILES string of the molecule is O=C(NCC(O)COCC1CC1)c1ccccc1F. The molecule has 0 spiro atoms. The third-order valence-corrected chi connectivity index (χ3v) is 2.98. The van der Waals surface area contributed by atoms with Gasteiger partial charge in [0.05, 0.1) is 18.3 Å². The Morgan fingerprint density at radius 1 is 1.47 bits per heavy atom. The third-order valence-electron chi connectivity index (χ3n) is 2.98. The average molecular weight is 267 g/mol. The van der Waals surface area contributed by atoms with Gasteiger partial charge in [-0.25, -0.2) is 4.39 Å². The van der Waals surface area contributed by atoms with Crippen LogP contribution in [0.1, 0.15) is 23.2 Å². The first-order valence-electron chi connectivity index (χ1n) is 6.45. The number of nitrogens with one attached hydrogen (secondary N) is 1. The predicted octanol–water partition coefficient (Wildman–Crippen LogP) is 1.34. The first kappa shape index (κ1) is 14.0. The highest BCUT2D eigenvalue weighted by molar-refractivity contribution is 5.94. The Balaban J connectivity index is 1.68. The zero-order valence-corrected chi connectivity index (χ0v) is 10.6. The predicted molar refractivity (Wildman–Crippen MR) is 68.3 cm³/mol. The molecule has 104 valence electrons. The molecule has 19 heavy (non-hydrogen) atoms. The van der Waals surface area contributed by atoms with Crippen molar-refractivity contribution < 1.29 is 19.0 Å². The lowest BCUT2D eigenvalue weighted by Gasteiger charge is -2.12. The topological polar surface area (TPSA) is 58.6 Å². The van der Waals surface area contributed by atoms with Gasteiger partial charge in [0.15, 0.2) is 0 Å². The third kappa shape index (κ3) is 4.61. The van der Waals surface area contributed by atoms with Gasteiger partial charge in [0, 0.05) is 13.2 Å². The van der Waals surface area contributed by atoms with Crippen LogP contribution in [0.3, 0.4) is 0 Å². The summed E-state index contributed by atoms with van der Waals surface area (Å²) in [4.78, 5) is 11.7. The fraction of sp³-hybridized carbons (Fsp3) is 0.500. The van der Waals surface area contributed by atoms with E-state index in [-0.39, 0.29) is 18.7 Å². The fourth-order valence-electron chi connectivity index (χ4n) is 1.67. The second-order valence-electron chi connectivity index (χ2n) is 4.82. The van der Waals surface area contributed by atoms with Crippen LogP contribution >= 0.6 is 0 Å². The summed E-state index contributed by atoms with van der Waals surface area (Å²) in [6.07, 6.45) is 1.62. The van der Waals surface area contributed by atoms with Crippen molar-refractivity contribution in [2.75, 3.05) is 19.8 Å². The molecular weight excluding hydrogens is 249 g/mol. The fourth-order valence-corrected chi connectivity index (χ4v) is 1.67. The molecule has 4 nitrogen and oxygen atoms in total. The summed E-state index contributed by atoms with van der Waals surface area (Å²) < 4.78 is 18.6. The number of rotatable bonds is 7. The number of aliphatic hydroxyl groups is 1. The smallest absolute Gasteiger partial charge is 0.254 e. The van der Waals surface area contributed by atoms with Crippen molar-refractivity contribution in [3.05, 3.63) is 35.6 Å². The van der Waals surface area contributed by atoms with Crippen LogP contribution in [0, 0.1) is 11.7 Å². The maximum Gasteiger partial charge on any atom is 0.254 e. The lowest BCUT2D eigenvalue weighted by Crippen LogP contribution is -2.35. The normalized spacial score (nSPS) is 16.1. The first-order chi connectivity index (χ1) is 9.16. The van der Waals surface area contributed by atoms with E-state index in [2.05, 4.69) is 5.32 Å². The van der Waals surface area contributed by atoms with Gasteiger partial charge < -0.3 is 15.2 Å². The number of hydrogen-bond acceptors (Lipinski definition) is 3. The number of hydrogen-bond donors (Lipinski definition) is 2. The first-order valence-corrected chi connectivity index (χ1v) is 6.45. The molecule has 0 aromatic heterocycles. The largest absolute Gasteiger partial charge is 0.389 e. The van der Waals surface area contributed by atoms with Crippen LogP contribution in [-0.4, -0.2) is 36.9 Å². The van der Waals surface area contributed by atoms with Crippen LogP contribution in [0.25, 0.3) is 0 Å². The van der Waals surface area contributed by atoms with Gasteiger partial charge in [0.2, 0.25) is 0 Å². The summed E-state index contributed by atoms with van der Waals surface area (Å²) in [6, 6.07) is 5.74. The van der Waals surface area contributed by atoms with Crippen molar-refractivity contribution in [3.63, 3.8) is 0 Å². The Kier molecular flexibility index (Phi) is 4.87. The van der Waals surface area contributed by atoms with Gasteiger partial charge in [-0.1, -0.05) is 12.1 Å². The van der Waals surface area contributed by atoms with E-state index in [9.17, 15) is 14.3 Å². The van der Waals surface area contributed by atoms with Crippen molar-refractivity contribution in [2.45, 2.75) is 18.9 Å². The monoisotopic (exact) mass is 267 g/mol. The van der Waals surface area contributed by atoms with E-state index in [0.717, 1.165) is 0 Å². The molecule has 1 aliphatic carbocycles. The van der Waals surface area contributed by atoms with E-state index < -0.39 is 17.8 Å². The molecule has 1 atom stereocenters. The van der Waals surface area contributed by atoms with Gasteiger partial charge in [-0.15, -0.1) is 0 Å². The molecule has 0 radical (unpaired) electrons. The zero-order valence-electron chi connectivity index (χ0n) is 10.6. The molecule has 1 unspecified atom stereocenters. The van der Waals surface area contributed by atoms with Crippen LogP contribution in [-0.2, 0) is 4.74 Å². The number of carbonyl (C=O) groups is 1. The highest BCUT2D eigenvalue weighted by atomic mass is 19.1. The van der Waals surface area contributed by atoms with Gasteiger partial charge in [0.1, 0.15) is 5.82 Å². The number of amides is 1. The zero-order chi connectivity index (χ0) is 13.7. The lowest BCUT2D eigenvalue weighted by molar-refractivity contribution is 0.0320. The van der Waals surface area contributed by atoms with Crippen molar-refractivity contribution in [3.8, 4) is 0 Å². The van der Waals surface area contributed by atoms with Crippen molar-refractivity contribution >= 4 is 5.91 Å². The molecule has 0 saturated heterocycles. The number of halogens is 1. The summed E-state index contributed by atoms with van der Waals surface area (Å²) >= 11 is 0. The minimum absolute atomic E-state index is 0.0198. The van der Waals surface area contributed by atoms with Crippen LogP contribution in [0.5, 0.6) is 0 Å². The summed E-state index contributed by atoms with van der Waals surface area (Å²) in [5.74, 6) is -0.459. The standard InChI is InChI=1S/C14H18FNO3/c15-13-4-2-1-3-12(13)14(18)16-7-11(17)9-19-8-10-5-6-10/h1-4,10-11,17H,5-9H2,(H,16,18). The van der Waals surface area contributed by atoms with E-state index in [4.69, 9.17) is 4.74 Å². The molecule has 5 heteroatoms. The molecule has 1 saturated carbocycles. The Bertz CT molecular complexity index is 434. The molecule has 1 aromatic rings. The van der Waals surface area contributed by atoms with E-state index in [1.54, 1.807) is 6.07 Å². The van der Waals surface area contributed by atoms with E-state index in [0.29, 0.717) is 12.5 Å². The average Bonchev–Trinajstić information content (AvgIpc) is 3.20. The minimum atomic E-state index is -0.769. The van der Waals surface area contributed by atoms with Crippen molar-refractivity contribution in [1.82, 2.24) is 5.32 Å². The van der Waals surface area contributed by atoms with Crippen LogP contribution in [0.15, 0.2) is 24.3 Å². The van der Waals surface area contributed by atoms with Crippen molar-refractivity contribution in [1.29, 1.82) is 0 Å². The highest BCUT2D eigenvalue weighted by Crippen LogP contribution is 2.28. The lowest BCUT2D eigenvalue weighted by atomic mass is 10.2. The number of benzene rings is 1. The Morgan fingerprint density at radius 3 is 2.89 bits per heavy atom. The molecule has 0 aliphatic heterocycles. The number of carbonyl (C=O) groups excluding carboxylic acids is 1. The van der Waals surface area contributed by atoms with Crippen molar-refractivity contribution in [2.24, 2.45) is 5.92 Å². The number of aliphatic hydroxyl groups excluding tert-OH is 1. The molecule has 2 rings (SSSR count).